The monoisotopic (exact) mass is 648 g/mol. The second kappa shape index (κ2) is 13.7. The van der Waals surface area contributed by atoms with Gasteiger partial charge in [0.15, 0.2) is 0 Å². The summed E-state index contributed by atoms with van der Waals surface area (Å²) in [6.07, 6.45) is 1.04. The van der Waals surface area contributed by atoms with Gasteiger partial charge in [-0.3, -0.25) is 24.0 Å². The molecule has 3 aromatic carbocycles. The van der Waals surface area contributed by atoms with E-state index in [0.717, 1.165) is 22.2 Å². The van der Waals surface area contributed by atoms with E-state index in [1.165, 1.54) is 17.0 Å². The van der Waals surface area contributed by atoms with Crippen LogP contribution in [0.1, 0.15) is 37.5 Å². The molecular formula is C30H34Cl2N4O6S. The van der Waals surface area contributed by atoms with Gasteiger partial charge in [-0.2, -0.15) is 0 Å². The van der Waals surface area contributed by atoms with Crippen LogP contribution in [0.15, 0.2) is 66.7 Å². The molecule has 0 aliphatic heterocycles. The van der Waals surface area contributed by atoms with Crippen LogP contribution in [0, 0.1) is 17.0 Å². The minimum absolute atomic E-state index is 0.0155. The van der Waals surface area contributed by atoms with Crippen LogP contribution >= 0.6 is 23.2 Å². The maximum Gasteiger partial charge on any atom is 0.271 e. The van der Waals surface area contributed by atoms with Crippen LogP contribution in [0.2, 0.25) is 10.0 Å². The van der Waals surface area contributed by atoms with Crippen LogP contribution in [0.5, 0.6) is 0 Å². The van der Waals surface area contributed by atoms with Crippen molar-refractivity contribution in [3.8, 4) is 0 Å². The van der Waals surface area contributed by atoms with E-state index in [-0.39, 0.29) is 29.4 Å². The highest BCUT2D eigenvalue weighted by Crippen LogP contribution is 2.29. The molecule has 0 fully saturated rings. The summed E-state index contributed by atoms with van der Waals surface area (Å²) in [6, 6.07) is 16.6. The van der Waals surface area contributed by atoms with Gasteiger partial charge < -0.3 is 10.2 Å². The molecule has 0 aliphatic rings. The lowest BCUT2D eigenvalue weighted by molar-refractivity contribution is -0.384. The van der Waals surface area contributed by atoms with Crippen molar-refractivity contribution in [1.29, 1.82) is 0 Å². The Hall–Kier alpha value is -3.67. The predicted molar refractivity (Wildman–Crippen MR) is 169 cm³/mol. The molecule has 0 bridgehead atoms. The fraction of sp³-hybridized carbons (Fsp3) is 0.333. The summed E-state index contributed by atoms with van der Waals surface area (Å²) in [6.45, 7) is 6.21. The summed E-state index contributed by atoms with van der Waals surface area (Å²) in [5, 5.41) is 15.0. The predicted octanol–water partition coefficient (Wildman–Crippen LogP) is 5.53. The summed E-state index contributed by atoms with van der Waals surface area (Å²) in [5.41, 5.74) is 0.758. The topological polar surface area (TPSA) is 130 Å². The molecule has 0 saturated carbocycles. The van der Waals surface area contributed by atoms with E-state index in [9.17, 15) is 28.1 Å². The van der Waals surface area contributed by atoms with Crippen molar-refractivity contribution in [3.05, 3.63) is 104 Å². The van der Waals surface area contributed by atoms with Crippen LogP contribution < -0.4 is 9.62 Å². The highest BCUT2D eigenvalue weighted by Gasteiger charge is 2.35. The van der Waals surface area contributed by atoms with E-state index < -0.39 is 44.9 Å². The van der Waals surface area contributed by atoms with Crippen molar-refractivity contribution >= 4 is 56.4 Å². The van der Waals surface area contributed by atoms with Crippen molar-refractivity contribution in [2.75, 3.05) is 17.1 Å². The Morgan fingerprint density at radius 1 is 0.977 bits per heavy atom. The normalized spacial score (nSPS) is 12.3. The summed E-state index contributed by atoms with van der Waals surface area (Å²) in [4.78, 5) is 40.1. The average molecular weight is 650 g/mol. The number of nitrogens with zero attached hydrogens (tertiary/aromatic N) is 3. The Balaban J connectivity index is 2.14. The number of rotatable bonds is 11. The number of benzene rings is 3. The number of carbonyl (C=O) groups is 2. The van der Waals surface area contributed by atoms with E-state index >= 15 is 0 Å². The average Bonchev–Trinajstić information content (AvgIpc) is 2.90. The third-order valence-corrected chi connectivity index (χ3v) is 8.32. The van der Waals surface area contributed by atoms with Gasteiger partial charge in [0.2, 0.25) is 21.8 Å². The van der Waals surface area contributed by atoms with Crippen molar-refractivity contribution in [3.63, 3.8) is 0 Å². The summed E-state index contributed by atoms with van der Waals surface area (Å²) >= 11 is 12.4. The first-order valence-corrected chi connectivity index (χ1v) is 15.9. The Bertz CT molecular complexity index is 1610. The summed E-state index contributed by atoms with van der Waals surface area (Å²) in [5.74, 6) is -1.14. The zero-order valence-corrected chi connectivity index (χ0v) is 26.8. The number of halogens is 2. The highest BCUT2D eigenvalue weighted by molar-refractivity contribution is 7.92. The Morgan fingerprint density at radius 2 is 1.63 bits per heavy atom. The van der Waals surface area contributed by atoms with Gasteiger partial charge in [0.1, 0.15) is 12.6 Å². The molecule has 1 N–H and O–H groups in total. The molecule has 0 radical (unpaired) electrons. The number of hydrogen-bond donors (Lipinski definition) is 1. The number of aryl methyl sites for hydroxylation is 1. The van der Waals surface area contributed by atoms with E-state index in [2.05, 4.69) is 5.32 Å². The van der Waals surface area contributed by atoms with Crippen molar-refractivity contribution < 1.29 is 22.9 Å². The third-order valence-electron chi connectivity index (χ3n) is 6.46. The van der Waals surface area contributed by atoms with Gasteiger partial charge in [0, 0.05) is 30.6 Å². The molecular weight excluding hydrogens is 615 g/mol. The van der Waals surface area contributed by atoms with Crippen LogP contribution in [0.4, 0.5) is 11.4 Å². The van der Waals surface area contributed by atoms with Crippen molar-refractivity contribution in [2.45, 2.75) is 52.2 Å². The first-order valence-electron chi connectivity index (χ1n) is 13.3. The molecule has 1 atom stereocenters. The molecule has 0 unspecified atom stereocenters. The minimum Gasteiger partial charge on any atom is -0.350 e. The summed E-state index contributed by atoms with van der Waals surface area (Å²) < 4.78 is 26.9. The second-order valence-electron chi connectivity index (χ2n) is 11.2. The van der Waals surface area contributed by atoms with Gasteiger partial charge >= 0.3 is 0 Å². The standard InChI is InChI=1S/C30H34Cl2N4O6S/c1-20-11-13-23(36(39)40)17-26(20)35(43(5,41)42)19-28(37)34(18-22-12-14-24(31)25(32)15-22)27(29(38)33-30(2,3)4)16-21-9-7-6-8-10-21/h6-15,17,27H,16,18-19H2,1-5H3,(H,33,38)/t27-/m0/s1. The smallest absolute Gasteiger partial charge is 0.271 e. The number of hydrogen-bond acceptors (Lipinski definition) is 6. The maximum atomic E-state index is 14.2. The highest BCUT2D eigenvalue weighted by atomic mass is 35.5. The SMILES string of the molecule is Cc1ccc([N+](=O)[O-])cc1N(CC(=O)N(Cc1ccc(Cl)c(Cl)c1)[C@@H](Cc1ccccc1)C(=O)NC(C)(C)C)S(C)(=O)=O. The van der Waals surface area contributed by atoms with Gasteiger partial charge in [-0.25, -0.2) is 8.42 Å². The molecule has 43 heavy (non-hydrogen) atoms. The minimum atomic E-state index is -4.11. The Kier molecular flexibility index (Phi) is 10.8. The van der Waals surface area contributed by atoms with Gasteiger partial charge in [0.05, 0.1) is 26.9 Å². The number of nitro benzene ring substituents is 1. The van der Waals surface area contributed by atoms with Crippen LogP contribution in [0.3, 0.4) is 0 Å². The molecule has 230 valence electrons. The molecule has 10 nitrogen and oxygen atoms in total. The van der Waals surface area contributed by atoms with E-state index in [1.54, 1.807) is 25.1 Å². The molecule has 3 aromatic rings. The van der Waals surface area contributed by atoms with Gasteiger partial charge in [-0.05, 0) is 56.5 Å². The molecule has 0 aromatic heterocycles. The van der Waals surface area contributed by atoms with Crippen LogP contribution in [-0.4, -0.2) is 54.4 Å². The zero-order chi connectivity index (χ0) is 32.1. The molecule has 0 aliphatic carbocycles. The molecule has 0 spiro atoms. The van der Waals surface area contributed by atoms with Crippen molar-refractivity contribution in [1.82, 2.24) is 10.2 Å². The van der Waals surface area contributed by atoms with Crippen LogP contribution in [0.25, 0.3) is 0 Å². The lowest BCUT2D eigenvalue weighted by Crippen LogP contribution is -2.56. The van der Waals surface area contributed by atoms with E-state index in [1.807, 2.05) is 51.1 Å². The Morgan fingerprint density at radius 3 is 2.19 bits per heavy atom. The number of amides is 2. The fourth-order valence-corrected chi connectivity index (χ4v) is 5.64. The van der Waals surface area contributed by atoms with Crippen molar-refractivity contribution in [2.24, 2.45) is 0 Å². The van der Waals surface area contributed by atoms with E-state index in [0.29, 0.717) is 16.1 Å². The largest absolute Gasteiger partial charge is 0.350 e. The zero-order valence-electron chi connectivity index (χ0n) is 24.5. The maximum absolute atomic E-state index is 14.2. The van der Waals surface area contributed by atoms with E-state index in [4.69, 9.17) is 23.2 Å². The number of non-ortho nitro benzene ring substituents is 1. The number of sulfonamides is 1. The van der Waals surface area contributed by atoms with Gasteiger partial charge in [-0.15, -0.1) is 0 Å². The third kappa shape index (κ3) is 9.41. The number of nitrogens with one attached hydrogen (secondary N) is 1. The molecule has 3 rings (SSSR count). The lowest BCUT2D eigenvalue weighted by atomic mass is 10.0. The molecule has 0 saturated heterocycles. The number of anilines is 1. The second-order valence-corrected chi connectivity index (χ2v) is 13.9. The Labute approximate surface area is 261 Å². The lowest BCUT2D eigenvalue weighted by Gasteiger charge is -2.35. The van der Waals surface area contributed by atoms with Gasteiger partial charge in [0.25, 0.3) is 5.69 Å². The fourth-order valence-electron chi connectivity index (χ4n) is 4.42. The number of nitro groups is 1. The quantitative estimate of drug-likeness (QED) is 0.215. The molecule has 2 amide bonds. The molecule has 13 heteroatoms. The number of carbonyl (C=O) groups excluding carboxylic acids is 2. The van der Waals surface area contributed by atoms with Crippen LogP contribution in [-0.2, 0) is 32.6 Å². The van der Waals surface area contributed by atoms with Gasteiger partial charge in [-0.1, -0.05) is 65.7 Å². The summed E-state index contributed by atoms with van der Waals surface area (Å²) in [7, 11) is -4.11. The molecule has 0 heterocycles. The first kappa shape index (κ1) is 33.8. The first-order chi connectivity index (χ1) is 20.0.